The second-order valence-electron chi connectivity index (χ2n) is 7.75. The summed E-state index contributed by atoms with van der Waals surface area (Å²) in [5.74, 6) is 4.28. The first kappa shape index (κ1) is 16.3. The summed E-state index contributed by atoms with van der Waals surface area (Å²) < 4.78 is 5.20. The molecule has 2 aromatic heterocycles. The van der Waals surface area contributed by atoms with Crippen molar-refractivity contribution in [3.63, 3.8) is 0 Å². The maximum absolute atomic E-state index is 12.7. The van der Waals surface area contributed by atoms with Gasteiger partial charge >= 0.3 is 0 Å². The molecule has 0 spiro atoms. The molecule has 1 aliphatic heterocycles. The Balaban J connectivity index is 1.49. The fourth-order valence-electron chi connectivity index (χ4n) is 3.80. The first-order valence-electron chi connectivity index (χ1n) is 9.13. The number of aromatic nitrogens is 4. The van der Waals surface area contributed by atoms with Crippen LogP contribution in [0, 0.1) is 18.8 Å². The van der Waals surface area contributed by atoms with E-state index >= 15 is 0 Å². The fourth-order valence-corrected chi connectivity index (χ4v) is 3.80. The summed E-state index contributed by atoms with van der Waals surface area (Å²) in [6.07, 6.45) is 2.80. The molecule has 3 heterocycles. The SMILES string of the molecule is Cc1cc(CC(=O)N2C[C@H](c3nc(C(C)C)n[nH]3)[C@@H](C3CC3)C2)on1. The van der Waals surface area contributed by atoms with Crippen molar-refractivity contribution in [2.75, 3.05) is 13.1 Å². The first-order chi connectivity index (χ1) is 12.0. The van der Waals surface area contributed by atoms with Crippen molar-refractivity contribution in [1.29, 1.82) is 0 Å². The zero-order valence-electron chi connectivity index (χ0n) is 15.0. The molecule has 4 rings (SSSR count). The number of rotatable bonds is 5. The van der Waals surface area contributed by atoms with E-state index in [1.807, 2.05) is 17.9 Å². The highest BCUT2D eigenvalue weighted by Crippen LogP contribution is 2.47. The van der Waals surface area contributed by atoms with E-state index in [0.29, 0.717) is 30.1 Å². The Hall–Kier alpha value is -2.18. The van der Waals surface area contributed by atoms with Gasteiger partial charge in [0.1, 0.15) is 11.6 Å². The molecule has 0 radical (unpaired) electrons. The number of amides is 1. The minimum Gasteiger partial charge on any atom is -0.361 e. The van der Waals surface area contributed by atoms with Gasteiger partial charge in [0.2, 0.25) is 5.91 Å². The number of aromatic amines is 1. The summed E-state index contributed by atoms with van der Waals surface area (Å²) in [6, 6.07) is 1.83. The molecule has 1 amide bonds. The predicted octanol–water partition coefficient (Wildman–Crippen LogP) is 2.42. The molecule has 2 fully saturated rings. The maximum atomic E-state index is 12.7. The zero-order valence-corrected chi connectivity index (χ0v) is 15.0. The van der Waals surface area contributed by atoms with Crippen LogP contribution in [0.15, 0.2) is 10.6 Å². The van der Waals surface area contributed by atoms with Crippen LogP contribution in [0.25, 0.3) is 0 Å². The van der Waals surface area contributed by atoms with Crippen LogP contribution in [-0.4, -0.2) is 44.2 Å². The van der Waals surface area contributed by atoms with Crippen molar-refractivity contribution in [2.45, 2.75) is 51.9 Å². The second-order valence-corrected chi connectivity index (χ2v) is 7.75. The van der Waals surface area contributed by atoms with Gasteiger partial charge in [-0.05, 0) is 31.6 Å². The quantitative estimate of drug-likeness (QED) is 0.901. The van der Waals surface area contributed by atoms with Crippen molar-refractivity contribution in [1.82, 2.24) is 25.2 Å². The largest absolute Gasteiger partial charge is 0.361 e. The number of likely N-dealkylation sites (tertiary alicyclic amines) is 1. The summed E-state index contributed by atoms with van der Waals surface area (Å²) in [7, 11) is 0. The molecule has 2 aliphatic rings. The third kappa shape index (κ3) is 3.32. The van der Waals surface area contributed by atoms with Gasteiger partial charge in [0.15, 0.2) is 5.82 Å². The minimum absolute atomic E-state index is 0.105. The number of hydrogen-bond donors (Lipinski definition) is 1. The van der Waals surface area contributed by atoms with E-state index in [-0.39, 0.29) is 18.2 Å². The number of hydrogen-bond acceptors (Lipinski definition) is 5. The summed E-state index contributed by atoms with van der Waals surface area (Å²) >= 11 is 0. The Kier molecular flexibility index (Phi) is 4.09. The molecule has 1 saturated heterocycles. The average molecular weight is 343 g/mol. The molecular formula is C18H25N5O2. The Morgan fingerprint density at radius 2 is 2.20 bits per heavy atom. The Bertz CT molecular complexity index is 761. The molecule has 25 heavy (non-hydrogen) atoms. The molecule has 2 aromatic rings. The molecule has 1 N–H and O–H groups in total. The first-order valence-corrected chi connectivity index (χ1v) is 9.13. The van der Waals surface area contributed by atoms with Crippen LogP contribution in [0.3, 0.4) is 0 Å². The zero-order chi connectivity index (χ0) is 17.6. The predicted molar refractivity (Wildman–Crippen MR) is 91.0 cm³/mol. The summed E-state index contributed by atoms with van der Waals surface area (Å²) in [5, 5.41) is 11.3. The fraction of sp³-hybridized carbons (Fsp3) is 0.667. The summed E-state index contributed by atoms with van der Waals surface area (Å²) in [5.41, 5.74) is 0.806. The van der Waals surface area contributed by atoms with E-state index in [4.69, 9.17) is 9.51 Å². The number of carbonyl (C=O) groups excluding carboxylic acids is 1. The van der Waals surface area contributed by atoms with E-state index in [2.05, 4.69) is 29.2 Å². The normalized spacial score (nSPS) is 23.6. The minimum atomic E-state index is 0.105. The van der Waals surface area contributed by atoms with E-state index < -0.39 is 0 Å². The standard InChI is InChI=1S/C18H25N5O2/c1-10(2)17-19-18(21-20-17)15-9-23(8-14(15)12-4-5-12)16(24)7-13-6-11(3)22-25-13/h6,10,12,14-15H,4-5,7-9H2,1-3H3,(H,19,20,21)/t14-,15+/m1/s1. The van der Waals surface area contributed by atoms with Gasteiger partial charge in [0, 0.05) is 31.0 Å². The van der Waals surface area contributed by atoms with Gasteiger partial charge in [-0.25, -0.2) is 4.98 Å². The van der Waals surface area contributed by atoms with Gasteiger partial charge in [0.05, 0.1) is 12.1 Å². The van der Waals surface area contributed by atoms with Gasteiger partial charge in [-0.2, -0.15) is 5.10 Å². The highest BCUT2D eigenvalue weighted by molar-refractivity contribution is 5.78. The lowest BCUT2D eigenvalue weighted by atomic mass is 9.91. The Morgan fingerprint density at radius 1 is 1.40 bits per heavy atom. The third-order valence-corrected chi connectivity index (χ3v) is 5.34. The van der Waals surface area contributed by atoms with Crippen LogP contribution in [-0.2, 0) is 11.2 Å². The van der Waals surface area contributed by atoms with Gasteiger partial charge in [-0.1, -0.05) is 19.0 Å². The molecule has 1 aliphatic carbocycles. The highest BCUT2D eigenvalue weighted by Gasteiger charge is 2.45. The molecule has 1 saturated carbocycles. The summed E-state index contributed by atoms with van der Waals surface area (Å²) in [4.78, 5) is 19.4. The van der Waals surface area contributed by atoms with E-state index in [9.17, 15) is 4.79 Å². The number of carbonyl (C=O) groups is 1. The van der Waals surface area contributed by atoms with Crippen molar-refractivity contribution >= 4 is 5.91 Å². The van der Waals surface area contributed by atoms with Gasteiger partial charge < -0.3 is 9.42 Å². The van der Waals surface area contributed by atoms with Gasteiger partial charge in [0.25, 0.3) is 0 Å². The van der Waals surface area contributed by atoms with E-state index in [0.717, 1.165) is 23.9 Å². The summed E-state index contributed by atoms with van der Waals surface area (Å²) in [6.45, 7) is 7.56. The maximum Gasteiger partial charge on any atom is 0.230 e. The lowest BCUT2D eigenvalue weighted by Gasteiger charge is -2.15. The van der Waals surface area contributed by atoms with Crippen LogP contribution in [0.5, 0.6) is 0 Å². The monoisotopic (exact) mass is 343 g/mol. The number of nitrogens with zero attached hydrogens (tertiary/aromatic N) is 4. The molecule has 7 heteroatoms. The number of nitrogens with one attached hydrogen (secondary N) is 1. The molecule has 0 bridgehead atoms. The molecule has 7 nitrogen and oxygen atoms in total. The lowest BCUT2D eigenvalue weighted by molar-refractivity contribution is -0.129. The highest BCUT2D eigenvalue weighted by atomic mass is 16.5. The average Bonchev–Trinajstić information content (AvgIpc) is 3.00. The number of H-pyrrole nitrogens is 1. The van der Waals surface area contributed by atoms with Crippen molar-refractivity contribution in [3.05, 3.63) is 29.2 Å². The molecule has 2 atom stereocenters. The molecule has 0 unspecified atom stereocenters. The van der Waals surface area contributed by atoms with E-state index in [1.165, 1.54) is 12.8 Å². The topological polar surface area (TPSA) is 87.9 Å². The smallest absolute Gasteiger partial charge is 0.230 e. The van der Waals surface area contributed by atoms with Crippen LogP contribution >= 0.6 is 0 Å². The van der Waals surface area contributed by atoms with Crippen LogP contribution in [0.1, 0.15) is 61.6 Å². The Morgan fingerprint density at radius 3 is 2.80 bits per heavy atom. The molecular weight excluding hydrogens is 318 g/mol. The molecule has 134 valence electrons. The van der Waals surface area contributed by atoms with Gasteiger partial charge in [-0.3, -0.25) is 9.89 Å². The van der Waals surface area contributed by atoms with E-state index in [1.54, 1.807) is 0 Å². The van der Waals surface area contributed by atoms with Crippen LogP contribution in [0.2, 0.25) is 0 Å². The lowest BCUT2D eigenvalue weighted by Crippen LogP contribution is -2.30. The second kappa shape index (κ2) is 6.28. The van der Waals surface area contributed by atoms with Crippen LogP contribution < -0.4 is 0 Å². The Labute approximate surface area is 147 Å². The van der Waals surface area contributed by atoms with Gasteiger partial charge in [-0.15, -0.1) is 0 Å². The van der Waals surface area contributed by atoms with Crippen LogP contribution in [0.4, 0.5) is 0 Å². The number of aryl methyl sites for hydroxylation is 1. The third-order valence-electron chi connectivity index (χ3n) is 5.34. The van der Waals surface area contributed by atoms with Crippen molar-refractivity contribution in [3.8, 4) is 0 Å². The van der Waals surface area contributed by atoms with Crippen molar-refractivity contribution in [2.24, 2.45) is 11.8 Å². The molecule has 0 aromatic carbocycles. The van der Waals surface area contributed by atoms with Crippen molar-refractivity contribution < 1.29 is 9.32 Å².